The maximum Gasteiger partial charge on any atom is 0.257 e. The Morgan fingerprint density at radius 1 is 1.07 bits per heavy atom. The highest BCUT2D eigenvalue weighted by molar-refractivity contribution is 7.80. The van der Waals surface area contributed by atoms with Crippen molar-refractivity contribution in [1.82, 2.24) is 20.7 Å². The fourth-order valence-corrected chi connectivity index (χ4v) is 2.55. The highest BCUT2D eigenvalue weighted by Gasteiger charge is 2.12. The number of aromatic nitrogens is 2. The molecule has 3 aromatic rings. The van der Waals surface area contributed by atoms with Crippen LogP contribution in [0.4, 0.5) is 10.2 Å². The zero-order valence-corrected chi connectivity index (χ0v) is 15.8. The Bertz CT molecular complexity index is 1030. The molecule has 144 valence electrons. The molecule has 0 aliphatic carbocycles. The third kappa shape index (κ3) is 4.23. The van der Waals surface area contributed by atoms with Crippen molar-refractivity contribution in [1.29, 1.82) is 0 Å². The van der Waals surface area contributed by atoms with E-state index < -0.39 is 11.7 Å². The van der Waals surface area contributed by atoms with Gasteiger partial charge in [-0.05, 0) is 42.5 Å². The van der Waals surface area contributed by atoms with Gasteiger partial charge in [0.2, 0.25) is 0 Å². The molecule has 0 fully saturated rings. The van der Waals surface area contributed by atoms with Crippen LogP contribution < -0.4 is 25.6 Å². The molecule has 28 heavy (non-hydrogen) atoms. The Morgan fingerprint density at radius 3 is 2.43 bits per heavy atom. The van der Waals surface area contributed by atoms with Crippen LogP contribution in [0.1, 0.15) is 10.4 Å². The average molecular weight is 401 g/mol. The van der Waals surface area contributed by atoms with Crippen LogP contribution in [-0.4, -0.2) is 35.2 Å². The van der Waals surface area contributed by atoms with Crippen molar-refractivity contribution in [3.8, 4) is 11.5 Å². The largest absolute Gasteiger partial charge is 0.493 e. The lowest BCUT2D eigenvalue weighted by Gasteiger charge is -2.14. The molecule has 0 aliphatic rings. The van der Waals surface area contributed by atoms with Gasteiger partial charge < -0.3 is 9.47 Å². The summed E-state index contributed by atoms with van der Waals surface area (Å²) >= 11 is 5.10. The second-order valence-corrected chi connectivity index (χ2v) is 5.90. The second-order valence-electron chi connectivity index (χ2n) is 5.49. The number of carbonyl (C=O) groups excluding carboxylic acids is 1. The topological polar surface area (TPSA) is 97.4 Å². The van der Waals surface area contributed by atoms with Crippen molar-refractivity contribution < 1.29 is 18.7 Å². The zero-order valence-electron chi connectivity index (χ0n) is 14.9. The van der Waals surface area contributed by atoms with E-state index in [-0.39, 0.29) is 10.7 Å². The number of nitrogens with one attached hydrogen (secondary N) is 3. The van der Waals surface area contributed by atoms with Crippen molar-refractivity contribution in [3.63, 3.8) is 0 Å². The van der Waals surface area contributed by atoms with E-state index in [1.807, 2.05) is 0 Å². The van der Waals surface area contributed by atoms with Gasteiger partial charge in [-0.25, -0.2) is 14.4 Å². The average Bonchev–Trinajstić information content (AvgIpc) is 2.71. The van der Waals surface area contributed by atoms with Crippen molar-refractivity contribution in [2.24, 2.45) is 0 Å². The molecular formula is C18H16FN5O3S. The van der Waals surface area contributed by atoms with E-state index in [0.717, 1.165) is 0 Å². The van der Waals surface area contributed by atoms with Gasteiger partial charge in [-0.15, -0.1) is 0 Å². The van der Waals surface area contributed by atoms with Gasteiger partial charge in [-0.3, -0.25) is 21.0 Å². The Hall–Kier alpha value is -3.53. The third-order valence-electron chi connectivity index (χ3n) is 3.77. The standard InChI is InChI=1S/C18H16FN5O3S/c1-26-14-7-12-13(8-15(14)27-2)20-9-21-16(12)23-24-18(28)22-17(25)10-3-5-11(19)6-4-10/h3-9H,1-2H3,(H,20,21,23)(H2,22,24,25,28). The Labute approximate surface area is 165 Å². The van der Waals surface area contributed by atoms with Crippen LogP contribution in [0, 0.1) is 5.82 Å². The van der Waals surface area contributed by atoms with Gasteiger partial charge >= 0.3 is 0 Å². The predicted molar refractivity (Wildman–Crippen MR) is 106 cm³/mol. The van der Waals surface area contributed by atoms with Gasteiger partial charge in [0.05, 0.1) is 19.7 Å². The number of benzene rings is 2. The number of hydrogen-bond acceptors (Lipinski definition) is 7. The molecule has 0 spiro atoms. The summed E-state index contributed by atoms with van der Waals surface area (Å²) < 4.78 is 23.5. The molecule has 0 aliphatic heterocycles. The molecular weight excluding hydrogens is 385 g/mol. The molecule has 0 saturated carbocycles. The second kappa shape index (κ2) is 8.44. The summed E-state index contributed by atoms with van der Waals surface area (Å²) in [5, 5.41) is 3.15. The summed E-state index contributed by atoms with van der Waals surface area (Å²) in [5.41, 5.74) is 6.41. The van der Waals surface area contributed by atoms with Crippen molar-refractivity contribution in [2.75, 3.05) is 19.6 Å². The van der Waals surface area contributed by atoms with Gasteiger partial charge in [0.25, 0.3) is 5.91 Å². The minimum absolute atomic E-state index is 0.0153. The number of anilines is 1. The Kier molecular flexibility index (Phi) is 5.80. The highest BCUT2D eigenvalue weighted by Crippen LogP contribution is 2.33. The monoisotopic (exact) mass is 401 g/mol. The fraction of sp³-hybridized carbons (Fsp3) is 0.111. The van der Waals surface area contributed by atoms with Gasteiger partial charge in [0.15, 0.2) is 22.4 Å². The summed E-state index contributed by atoms with van der Waals surface area (Å²) in [4.78, 5) is 20.5. The molecule has 1 aromatic heterocycles. The van der Waals surface area contributed by atoms with E-state index in [4.69, 9.17) is 21.7 Å². The molecule has 2 aromatic carbocycles. The predicted octanol–water partition coefficient (Wildman–Crippen LogP) is 2.42. The normalized spacial score (nSPS) is 10.2. The van der Waals surface area contributed by atoms with Crippen LogP contribution in [0.15, 0.2) is 42.7 Å². The van der Waals surface area contributed by atoms with Crippen LogP contribution in [-0.2, 0) is 0 Å². The lowest BCUT2D eigenvalue weighted by molar-refractivity contribution is 0.0977. The minimum Gasteiger partial charge on any atom is -0.493 e. The van der Waals surface area contributed by atoms with E-state index in [2.05, 4.69) is 26.1 Å². The zero-order chi connectivity index (χ0) is 20.1. The number of amides is 1. The highest BCUT2D eigenvalue weighted by atomic mass is 32.1. The van der Waals surface area contributed by atoms with E-state index in [1.165, 1.54) is 44.8 Å². The van der Waals surface area contributed by atoms with E-state index in [9.17, 15) is 9.18 Å². The molecule has 0 bridgehead atoms. The van der Waals surface area contributed by atoms with Gasteiger partial charge in [-0.1, -0.05) is 0 Å². The van der Waals surface area contributed by atoms with Crippen LogP contribution in [0.5, 0.6) is 11.5 Å². The third-order valence-corrected chi connectivity index (χ3v) is 3.97. The lowest BCUT2D eigenvalue weighted by Crippen LogP contribution is -2.42. The first-order chi connectivity index (χ1) is 13.5. The smallest absolute Gasteiger partial charge is 0.257 e. The van der Waals surface area contributed by atoms with Crippen LogP contribution in [0.2, 0.25) is 0 Å². The van der Waals surface area contributed by atoms with E-state index in [1.54, 1.807) is 12.1 Å². The summed E-state index contributed by atoms with van der Waals surface area (Å²) in [6, 6.07) is 8.54. The van der Waals surface area contributed by atoms with Crippen molar-refractivity contribution >= 4 is 40.0 Å². The van der Waals surface area contributed by atoms with Gasteiger partial charge in [0.1, 0.15) is 12.1 Å². The summed E-state index contributed by atoms with van der Waals surface area (Å²) in [7, 11) is 3.06. The first kappa shape index (κ1) is 19.2. The molecule has 3 rings (SSSR count). The quantitative estimate of drug-likeness (QED) is 0.443. The lowest BCUT2D eigenvalue weighted by atomic mass is 10.2. The van der Waals surface area contributed by atoms with E-state index >= 15 is 0 Å². The number of nitrogens with zero attached hydrogens (tertiary/aromatic N) is 2. The summed E-state index contributed by atoms with van der Waals surface area (Å²) in [6.45, 7) is 0. The molecule has 1 heterocycles. The number of rotatable bonds is 5. The van der Waals surface area contributed by atoms with Crippen LogP contribution >= 0.6 is 12.2 Å². The fourth-order valence-electron chi connectivity index (χ4n) is 2.41. The number of carbonyl (C=O) groups is 1. The number of hydrazine groups is 1. The molecule has 10 heteroatoms. The number of methoxy groups -OCH3 is 2. The van der Waals surface area contributed by atoms with Crippen LogP contribution in [0.25, 0.3) is 10.9 Å². The summed E-state index contributed by atoms with van der Waals surface area (Å²) in [5.74, 6) is 0.568. The Morgan fingerprint density at radius 2 is 1.75 bits per heavy atom. The maximum absolute atomic E-state index is 12.9. The molecule has 8 nitrogen and oxygen atoms in total. The number of halogens is 1. The van der Waals surface area contributed by atoms with E-state index in [0.29, 0.717) is 28.2 Å². The Balaban J connectivity index is 1.71. The summed E-state index contributed by atoms with van der Waals surface area (Å²) in [6.07, 6.45) is 1.37. The van der Waals surface area contributed by atoms with Gasteiger partial charge in [0, 0.05) is 17.0 Å². The molecule has 0 unspecified atom stereocenters. The van der Waals surface area contributed by atoms with Gasteiger partial charge in [-0.2, -0.15) is 0 Å². The van der Waals surface area contributed by atoms with Crippen molar-refractivity contribution in [2.45, 2.75) is 0 Å². The minimum atomic E-state index is -0.474. The van der Waals surface area contributed by atoms with Crippen molar-refractivity contribution in [3.05, 3.63) is 54.1 Å². The molecule has 3 N–H and O–H groups in total. The first-order valence-corrected chi connectivity index (χ1v) is 8.42. The number of fused-ring (bicyclic) bond motifs is 1. The molecule has 0 atom stereocenters. The molecule has 0 radical (unpaired) electrons. The first-order valence-electron chi connectivity index (χ1n) is 8.01. The number of thiocarbonyl (C=S) groups is 1. The maximum atomic E-state index is 12.9. The number of hydrogen-bond donors (Lipinski definition) is 3. The molecule has 1 amide bonds. The SMILES string of the molecule is COc1cc2ncnc(NNC(=S)NC(=O)c3ccc(F)cc3)c2cc1OC. The van der Waals surface area contributed by atoms with Crippen LogP contribution in [0.3, 0.4) is 0 Å². The number of ether oxygens (including phenoxy) is 2. The molecule has 0 saturated heterocycles.